The lowest BCUT2D eigenvalue weighted by Crippen LogP contribution is -2.30. The zero-order valence-corrected chi connectivity index (χ0v) is 66.6. The number of esters is 4. The van der Waals surface area contributed by atoms with Gasteiger partial charge in [0.1, 0.15) is 19.3 Å². The molecular formula is C80H156O17P2. The molecule has 0 aromatic rings. The molecule has 5 atom stereocenters. The van der Waals surface area contributed by atoms with E-state index >= 15 is 0 Å². The van der Waals surface area contributed by atoms with E-state index in [1.165, 1.54) is 238 Å². The number of hydrogen-bond acceptors (Lipinski definition) is 15. The molecule has 0 bridgehead atoms. The molecule has 2 unspecified atom stereocenters. The highest BCUT2D eigenvalue weighted by atomic mass is 31.2. The summed E-state index contributed by atoms with van der Waals surface area (Å²) in [5.41, 5.74) is 0. The lowest BCUT2D eigenvalue weighted by atomic mass is 10.0. The van der Waals surface area contributed by atoms with E-state index < -0.39 is 97.5 Å². The van der Waals surface area contributed by atoms with Crippen LogP contribution in [0.4, 0.5) is 0 Å². The Hall–Kier alpha value is -1.94. The maximum atomic E-state index is 13.1. The largest absolute Gasteiger partial charge is 0.472 e. The van der Waals surface area contributed by atoms with Gasteiger partial charge in [0, 0.05) is 25.7 Å². The highest BCUT2D eigenvalue weighted by molar-refractivity contribution is 7.47. The van der Waals surface area contributed by atoms with E-state index in [-0.39, 0.29) is 25.7 Å². The Balaban J connectivity index is 5.26. The minimum absolute atomic E-state index is 0.108. The molecule has 0 saturated carbocycles. The Bertz CT molecular complexity index is 1910. The van der Waals surface area contributed by atoms with Crippen LogP contribution in [0.3, 0.4) is 0 Å². The molecule has 0 fully saturated rings. The maximum absolute atomic E-state index is 13.1. The van der Waals surface area contributed by atoms with Gasteiger partial charge in [0.2, 0.25) is 0 Å². The number of unbranched alkanes of at least 4 members (excludes halogenated alkanes) is 49. The number of phosphoric acid groups is 2. The molecule has 0 aliphatic rings. The fourth-order valence-electron chi connectivity index (χ4n) is 12.4. The van der Waals surface area contributed by atoms with Crippen LogP contribution in [0.5, 0.6) is 0 Å². The summed E-state index contributed by atoms with van der Waals surface area (Å²) < 4.78 is 68.7. The smallest absolute Gasteiger partial charge is 0.462 e. The van der Waals surface area contributed by atoms with Crippen LogP contribution in [0.1, 0.15) is 420 Å². The van der Waals surface area contributed by atoms with Gasteiger partial charge >= 0.3 is 39.5 Å². The fraction of sp³-hybridized carbons (Fsp3) is 0.950. The van der Waals surface area contributed by atoms with Crippen molar-refractivity contribution in [3.8, 4) is 0 Å². The topological polar surface area (TPSA) is 237 Å². The molecule has 0 aliphatic heterocycles. The van der Waals surface area contributed by atoms with Gasteiger partial charge in [0.15, 0.2) is 12.2 Å². The number of rotatable bonds is 79. The molecule has 0 radical (unpaired) electrons. The van der Waals surface area contributed by atoms with Gasteiger partial charge in [0.05, 0.1) is 26.4 Å². The number of carbonyl (C=O) groups is 4. The van der Waals surface area contributed by atoms with Crippen molar-refractivity contribution in [2.75, 3.05) is 39.6 Å². The van der Waals surface area contributed by atoms with Crippen LogP contribution in [-0.2, 0) is 65.4 Å². The van der Waals surface area contributed by atoms with E-state index in [9.17, 15) is 43.2 Å². The van der Waals surface area contributed by atoms with Crippen LogP contribution in [0.2, 0.25) is 0 Å². The van der Waals surface area contributed by atoms with Crippen molar-refractivity contribution in [2.24, 2.45) is 11.8 Å². The summed E-state index contributed by atoms with van der Waals surface area (Å²) in [6, 6.07) is 0. The molecule has 17 nitrogen and oxygen atoms in total. The van der Waals surface area contributed by atoms with E-state index in [1.807, 2.05) is 0 Å². The predicted octanol–water partition coefficient (Wildman–Crippen LogP) is 23.9. The summed E-state index contributed by atoms with van der Waals surface area (Å²) in [5, 5.41) is 10.6. The normalized spacial score (nSPS) is 13.9. The summed E-state index contributed by atoms with van der Waals surface area (Å²) >= 11 is 0. The molecule has 0 saturated heterocycles. The number of phosphoric ester groups is 2. The Labute approximate surface area is 607 Å². The Morgan fingerprint density at radius 1 is 0.273 bits per heavy atom. The van der Waals surface area contributed by atoms with Gasteiger partial charge in [-0.1, -0.05) is 369 Å². The second-order valence-electron chi connectivity index (χ2n) is 29.8. The van der Waals surface area contributed by atoms with Crippen molar-refractivity contribution < 1.29 is 80.2 Å². The first-order valence-corrected chi connectivity index (χ1v) is 44.5. The van der Waals surface area contributed by atoms with E-state index in [2.05, 4.69) is 41.5 Å². The van der Waals surface area contributed by atoms with Crippen LogP contribution >= 0.6 is 15.6 Å². The van der Waals surface area contributed by atoms with Gasteiger partial charge in [-0.05, 0) is 37.5 Å². The number of carbonyl (C=O) groups excluding carboxylic acids is 4. The molecule has 3 N–H and O–H groups in total. The maximum Gasteiger partial charge on any atom is 0.472 e. The number of ether oxygens (including phenoxy) is 4. The van der Waals surface area contributed by atoms with Crippen molar-refractivity contribution in [2.45, 2.75) is 439 Å². The summed E-state index contributed by atoms with van der Waals surface area (Å²) in [4.78, 5) is 73.0. The predicted molar refractivity (Wildman–Crippen MR) is 405 cm³/mol. The van der Waals surface area contributed by atoms with E-state index in [0.29, 0.717) is 25.7 Å². The molecular weight excluding hydrogens is 1290 g/mol. The van der Waals surface area contributed by atoms with Crippen LogP contribution < -0.4 is 0 Å². The first-order valence-electron chi connectivity index (χ1n) is 41.5. The summed E-state index contributed by atoms with van der Waals surface area (Å²) in [7, 11) is -9.92. The molecule has 0 heterocycles. The average molecular weight is 1450 g/mol. The monoisotopic (exact) mass is 1450 g/mol. The van der Waals surface area contributed by atoms with Crippen molar-refractivity contribution in [1.29, 1.82) is 0 Å². The molecule has 0 amide bonds. The van der Waals surface area contributed by atoms with Gasteiger partial charge < -0.3 is 33.8 Å². The van der Waals surface area contributed by atoms with E-state index in [0.717, 1.165) is 102 Å². The van der Waals surface area contributed by atoms with Crippen LogP contribution in [0.25, 0.3) is 0 Å². The van der Waals surface area contributed by atoms with Crippen LogP contribution in [-0.4, -0.2) is 96.7 Å². The number of aliphatic hydroxyl groups is 1. The van der Waals surface area contributed by atoms with Crippen molar-refractivity contribution in [1.82, 2.24) is 0 Å². The lowest BCUT2D eigenvalue weighted by molar-refractivity contribution is -0.161. The molecule has 0 spiro atoms. The Morgan fingerprint density at radius 2 is 0.465 bits per heavy atom. The molecule has 0 rings (SSSR count). The summed E-state index contributed by atoms with van der Waals surface area (Å²) in [6.07, 6.45) is 61.0. The second-order valence-corrected chi connectivity index (χ2v) is 32.7. The third-order valence-electron chi connectivity index (χ3n) is 18.7. The number of hydrogen-bond donors (Lipinski definition) is 3. The molecule has 0 aromatic heterocycles. The minimum Gasteiger partial charge on any atom is -0.462 e. The summed E-state index contributed by atoms with van der Waals surface area (Å²) in [6.45, 7) is 9.62. The Morgan fingerprint density at radius 3 is 0.687 bits per heavy atom. The highest BCUT2D eigenvalue weighted by Crippen LogP contribution is 2.45. The van der Waals surface area contributed by atoms with Gasteiger partial charge in [-0.15, -0.1) is 0 Å². The fourth-order valence-corrected chi connectivity index (χ4v) is 13.9. The average Bonchev–Trinajstić information content (AvgIpc) is 0.988. The van der Waals surface area contributed by atoms with Crippen LogP contribution in [0, 0.1) is 11.8 Å². The SMILES string of the molecule is CCCCCCCCCCCCCCCCCCC(=O)OC[C@H](COP(=O)(O)OC[C@@H](O)COP(=O)(O)OC[C@@H](COC(=O)CCCCCCCCCCC(C)C)OC(=O)CCCCCCCCCCCCCCCCCC)OC(=O)CCCCCCCCCCCCCCCC(C)C. The van der Waals surface area contributed by atoms with Crippen molar-refractivity contribution in [3.05, 3.63) is 0 Å². The van der Waals surface area contributed by atoms with Gasteiger partial charge in [-0.2, -0.15) is 0 Å². The first kappa shape index (κ1) is 97.1. The summed E-state index contributed by atoms with van der Waals surface area (Å²) in [5.74, 6) is -0.595. The molecule has 0 aliphatic carbocycles. The molecule has 99 heavy (non-hydrogen) atoms. The van der Waals surface area contributed by atoms with E-state index in [4.69, 9.17) is 37.0 Å². The lowest BCUT2D eigenvalue weighted by Gasteiger charge is -2.21. The minimum atomic E-state index is -4.96. The highest BCUT2D eigenvalue weighted by Gasteiger charge is 2.30. The quantitative estimate of drug-likeness (QED) is 0.0222. The zero-order chi connectivity index (χ0) is 72.8. The van der Waals surface area contributed by atoms with E-state index in [1.54, 1.807) is 0 Å². The zero-order valence-electron chi connectivity index (χ0n) is 64.8. The van der Waals surface area contributed by atoms with Crippen molar-refractivity contribution in [3.63, 3.8) is 0 Å². The second kappa shape index (κ2) is 71.7. The standard InChI is InChI=1S/C80H156O17P2/c1-7-9-11-13-15-17-19-21-23-25-29-33-37-44-50-56-62-77(82)90-68-75(96-80(85)65-59-53-47-39-35-31-27-28-32-36-42-48-54-60-72(3)4)70-94-98(86,87)92-66-74(81)67-93-99(88,89)95-71-76(69-91-78(83)63-57-51-45-41-40-43-49-55-61-73(5)6)97-79(84)64-58-52-46-38-34-30-26-24-22-20-18-16-14-12-10-8-2/h72-76,81H,7-71H2,1-6H3,(H,86,87)(H,88,89)/t74-,75-,76-/m1/s1. The molecule has 19 heteroatoms. The molecule has 0 aromatic carbocycles. The van der Waals surface area contributed by atoms with Crippen molar-refractivity contribution >= 4 is 39.5 Å². The molecule has 588 valence electrons. The van der Waals surface area contributed by atoms with Gasteiger partial charge in [-0.3, -0.25) is 37.3 Å². The van der Waals surface area contributed by atoms with Crippen LogP contribution in [0.15, 0.2) is 0 Å². The third kappa shape index (κ3) is 74.1. The first-order chi connectivity index (χ1) is 47.9. The number of aliphatic hydroxyl groups excluding tert-OH is 1. The third-order valence-corrected chi connectivity index (χ3v) is 20.6. The Kier molecular flexibility index (Phi) is 70.3. The van der Waals surface area contributed by atoms with Gasteiger partial charge in [-0.25, -0.2) is 9.13 Å². The van der Waals surface area contributed by atoms with Gasteiger partial charge in [0.25, 0.3) is 0 Å².